The zero-order chi connectivity index (χ0) is 19.1. The number of nitrogens with zero attached hydrogens (tertiary/aromatic N) is 2. The molecule has 0 aliphatic carbocycles. The minimum Gasteiger partial charge on any atom is -0.379 e. The van der Waals surface area contributed by atoms with Gasteiger partial charge < -0.3 is 14.6 Å². The maximum atomic E-state index is 14.2. The van der Waals surface area contributed by atoms with Gasteiger partial charge in [0.05, 0.1) is 24.2 Å². The van der Waals surface area contributed by atoms with Crippen LogP contribution in [0.15, 0.2) is 16.7 Å². The summed E-state index contributed by atoms with van der Waals surface area (Å²) in [6.45, 7) is 1.83. The Kier molecular flexibility index (Phi) is 4.42. The molecule has 3 rings (SSSR count). The number of aromatic nitrogens is 2. The van der Waals surface area contributed by atoms with Gasteiger partial charge in [0.1, 0.15) is 0 Å². The van der Waals surface area contributed by atoms with Crippen molar-refractivity contribution in [2.45, 2.75) is 19.6 Å². The maximum Gasteiger partial charge on any atom is 0.471 e. The van der Waals surface area contributed by atoms with E-state index in [2.05, 4.69) is 20.0 Å². The zero-order valence-corrected chi connectivity index (χ0v) is 13.3. The third-order valence-electron chi connectivity index (χ3n) is 3.90. The van der Waals surface area contributed by atoms with Crippen molar-refractivity contribution >= 4 is 5.91 Å². The van der Waals surface area contributed by atoms with Gasteiger partial charge >= 0.3 is 12.1 Å². The number of ether oxygens (including phenoxy) is 1. The van der Waals surface area contributed by atoms with Gasteiger partial charge in [-0.15, -0.1) is 0 Å². The van der Waals surface area contributed by atoms with Gasteiger partial charge in [-0.2, -0.15) is 18.2 Å². The van der Waals surface area contributed by atoms with Crippen molar-refractivity contribution in [3.63, 3.8) is 0 Å². The first-order chi connectivity index (χ1) is 12.1. The largest absolute Gasteiger partial charge is 0.471 e. The Labute approximate surface area is 143 Å². The molecule has 0 atom stereocenters. The summed E-state index contributed by atoms with van der Waals surface area (Å²) in [6.07, 6.45) is -4.90. The summed E-state index contributed by atoms with van der Waals surface area (Å²) >= 11 is 0. The average molecular weight is 377 g/mol. The van der Waals surface area contributed by atoms with E-state index in [0.717, 1.165) is 12.1 Å². The number of hydrogen-bond acceptors (Lipinski definition) is 5. The molecule has 2 aromatic rings. The van der Waals surface area contributed by atoms with Gasteiger partial charge in [-0.3, -0.25) is 4.79 Å². The Morgan fingerprint density at radius 3 is 2.50 bits per heavy atom. The van der Waals surface area contributed by atoms with Crippen LogP contribution >= 0.6 is 0 Å². The van der Waals surface area contributed by atoms with Gasteiger partial charge in [0, 0.05) is 12.1 Å². The second-order valence-corrected chi connectivity index (χ2v) is 6.06. The van der Waals surface area contributed by atoms with E-state index >= 15 is 0 Å². The standard InChI is InChI=1S/C15H12F5N3O3/c1-14(5-25-6-14)12(24)21-4-7-2-3-8(10(17)9(7)16)11-22-13(26-23-11)15(18,19)20/h2-3H,4-6H2,1H3,(H,21,24). The Bertz CT molecular complexity index is 846. The third kappa shape index (κ3) is 3.26. The lowest BCUT2D eigenvalue weighted by atomic mass is 9.87. The van der Waals surface area contributed by atoms with E-state index in [9.17, 15) is 26.7 Å². The lowest BCUT2D eigenvalue weighted by molar-refractivity contribution is -0.159. The van der Waals surface area contributed by atoms with Crippen LogP contribution in [0.25, 0.3) is 11.4 Å². The minimum atomic E-state index is -4.90. The van der Waals surface area contributed by atoms with E-state index in [4.69, 9.17) is 4.74 Å². The molecule has 0 radical (unpaired) electrons. The summed E-state index contributed by atoms with van der Waals surface area (Å²) in [7, 11) is 0. The first-order valence-corrected chi connectivity index (χ1v) is 7.36. The second-order valence-electron chi connectivity index (χ2n) is 6.06. The van der Waals surface area contributed by atoms with Gasteiger partial charge in [0.25, 0.3) is 0 Å². The van der Waals surface area contributed by atoms with Crippen LogP contribution in [0.1, 0.15) is 18.4 Å². The van der Waals surface area contributed by atoms with Crippen molar-refractivity contribution in [2.24, 2.45) is 5.41 Å². The number of rotatable bonds is 4. The van der Waals surface area contributed by atoms with E-state index in [-0.39, 0.29) is 31.2 Å². The molecule has 1 saturated heterocycles. The highest BCUT2D eigenvalue weighted by atomic mass is 19.4. The van der Waals surface area contributed by atoms with Crippen LogP contribution in [0.2, 0.25) is 0 Å². The Morgan fingerprint density at radius 2 is 1.96 bits per heavy atom. The molecule has 140 valence electrons. The predicted molar refractivity (Wildman–Crippen MR) is 75.4 cm³/mol. The van der Waals surface area contributed by atoms with Crippen LogP contribution in [0.5, 0.6) is 0 Å². The maximum absolute atomic E-state index is 14.2. The number of nitrogens with one attached hydrogen (secondary N) is 1. The first-order valence-electron chi connectivity index (χ1n) is 7.36. The van der Waals surface area contributed by atoms with Crippen molar-refractivity contribution in [3.05, 3.63) is 35.2 Å². The van der Waals surface area contributed by atoms with Crippen LogP contribution in [-0.4, -0.2) is 29.3 Å². The fourth-order valence-electron chi connectivity index (χ4n) is 2.27. The van der Waals surface area contributed by atoms with Crippen molar-refractivity contribution in [2.75, 3.05) is 13.2 Å². The fourth-order valence-corrected chi connectivity index (χ4v) is 2.27. The molecular formula is C15H12F5N3O3. The molecule has 6 nitrogen and oxygen atoms in total. The Morgan fingerprint density at radius 1 is 1.27 bits per heavy atom. The lowest BCUT2D eigenvalue weighted by Gasteiger charge is -2.36. The molecule has 1 aliphatic rings. The molecular weight excluding hydrogens is 365 g/mol. The number of halogens is 5. The molecule has 1 fully saturated rings. The van der Waals surface area contributed by atoms with E-state index in [0.29, 0.717) is 0 Å². The van der Waals surface area contributed by atoms with E-state index in [1.807, 2.05) is 0 Å². The molecule has 1 amide bonds. The number of alkyl halides is 3. The molecule has 1 N–H and O–H groups in total. The van der Waals surface area contributed by atoms with Gasteiger partial charge in [0.2, 0.25) is 11.7 Å². The monoisotopic (exact) mass is 377 g/mol. The zero-order valence-electron chi connectivity index (χ0n) is 13.3. The summed E-state index contributed by atoms with van der Waals surface area (Å²) in [5.74, 6) is -5.54. The molecule has 1 aromatic carbocycles. The van der Waals surface area contributed by atoms with Gasteiger partial charge in [-0.25, -0.2) is 8.78 Å². The van der Waals surface area contributed by atoms with Crippen LogP contribution < -0.4 is 5.32 Å². The number of amides is 1. The van der Waals surface area contributed by atoms with Crippen LogP contribution in [0.4, 0.5) is 22.0 Å². The topological polar surface area (TPSA) is 77.3 Å². The lowest BCUT2D eigenvalue weighted by Crippen LogP contribution is -2.51. The number of benzene rings is 1. The molecule has 1 aromatic heterocycles. The van der Waals surface area contributed by atoms with Crippen molar-refractivity contribution < 1.29 is 36.0 Å². The highest BCUT2D eigenvalue weighted by Gasteiger charge is 2.41. The molecule has 0 spiro atoms. The fraction of sp³-hybridized carbons (Fsp3) is 0.400. The summed E-state index contributed by atoms with van der Waals surface area (Å²) in [6, 6.07) is 2.14. The van der Waals surface area contributed by atoms with Gasteiger partial charge in [-0.05, 0) is 13.0 Å². The summed E-state index contributed by atoms with van der Waals surface area (Å²) < 4.78 is 74.7. The third-order valence-corrected chi connectivity index (χ3v) is 3.90. The van der Waals surface area contributed by atoms with Gasteiger partial charge in [-0.1, -0.05) is 11.2 Å². The van der Waals surface area contributed by atoms with Crippen molar-refractivity contribution in [1.29, 1.82) is 0 Å². The number of carbonyl (C=O) groups excluding carboxylic acids is 1. The summed E-state index contributed by atoms with van der Waals surface area (Å²) in [5.41, 5.74) is -1.48. The van der Waals surface area contributed by atoms with E-state index in [1.165, 1.54) is 0 Å². The Hall–Kier alpha value is -2.56. The quantitative estimate of drug-likeness (QED) is 0.829. The SMILES string of the molecule is CC1(C(=O)NCc2ccc(-c3noc(C(F)(F)F)n3)c(F)c2F)COC1. The molecule has 26 heavy (non-hydrogen) atoms. The minimum absolute atomic E-state index is 0.178. The average Bonchev–Trinajstić information content (AvgIpc) is 3.03. The van der Waals surface area contributed by atoms with E-state index < -0.39 is 40.5 Å². The molecule has 11 heteroatoms. The highest BCUT2D eigenvalue weighted by Crippen LogP contribution is 2.31. The molecule has 0 saturated carbocycles. The van der Waals surface area contributed by atoms with Crippen molar-refractivity contribution in [3.8, 4) is 11.4 Å². The molecule has 1 aliphatic heterocycles. The second kappa shape index (κ2) is 6.31. The summed E-state index contributed by atoms with van der Waals surface area (Å²) in [5, 5.41) is 5.48. The predicted octanol–water partition coefficient (Wildman–Crippen LogP) is 2.69. The summed E-state index contributed by atoms with van der Waals surface area (Å²) in [4.78, 5) is 15.0. The number of hydrogen-bond donors (Lipinski definition) is 1. The first kappa shape index (κ1) is 18.2. The van der Waals surface area contributed by atoms with Crippen LogP contribution in [-0.2, 0) is 22.3 Å². The molecule has 0 unspecified atom stereocenters. The van der Waals surface area contributed by atoms with E-state index in [1.54, 1.807) is 6.92 Å². The number of carbonyl (C=O) groups is 1. The van der Waals surface area contributed by atoms with Crippen LogP contribution in [0, 0.1) is 17.0 Å². The Balaban J connectivity index is 1.78. The van der Waals surface area contributed by atoms with Crippen LogP contribution in [0.3, 0.4) is 0 Å². The smallest absolute Gasteiger partial charge is 0.379 e. The van der Waals surface area contributed by atoms with Crippen molar-refractivity contribution in [1.82, 2.24) is 15.5 Å². The van der Waals surface area contributed by atoms with Gasteiger partial charge in [0.15, 0.2) is 11.6 Å². The molecule has 2 heterocycles. The highest BCUT2D eigenvalue weighted by molar-refractivity contribution is 5.83. The normalized spacial score (nSPS) is 16.2. The molecule has 0 bridgehead atoms.